The first-order chi connectivity index (χ1) is 16.5. The molecule has 5 nitrogen and oxygen atoms in total. The lowest BCUT2D eigenvalue weighted by Crippen LogP contribution is -2.35. The fraction of sp³-hybridized carbons (Fsp3) is 0.536. The van der Waals surface area contributed by atoms with Crippen LogP contribution < -0.4 is 9.47 Å². The van der Waals surface area contributed by atoms with Gasteiger partial charge in [-0.1, -0.05) is 55.8 Å². The number of carbonyl (C=O) groups is 1. The molecule has 34 heavy (non-hydrogen) atoms. The number of hydrogen-bond donors (Lipinski definition) is 0. The summed E-state index contributed by atoms with van der Waals surface area (Å²) in [4.78, 5) is 17.9. The highest BCUT2D eigenvalue weighted by molar-refractivity contribution is 6.32. The maximum Gasteiger partial charge on any atom is 0.222 e. The minimum Gasteiger partial charge on any atom is -0.489 e. The maximum absolute atomic E-state index is 13.4. The van der Waals surface area contributed by atoms with Gasteiger partial charge in [-0.3, -0.25) is 9.69 Å². The van der Waals surface area contributed by atoms with E-state index in [0.29, 0.717) is 54.7 Å². The summed E-state index contributed by atoms with van der Waals surface area (Å²) in [6, 6.07) is 15.0. The summed E-state index contributed by atoms with van der Waals surface area (Å²) >= 11 is 6.50. The summed E-state index contributed by atoms with van der Waals surface area (Å²) in [5.74, 6) is 1.90. The van der Waals surface area contributed by atoms with Gasteiger partial charge in [0.1, 0.15) is 0 Å². The van der Waals surface area contributed by atoms with Crippen LogP contribution in [0, 0.1) is 5.92 Å². The molecule has 1 atom stereocenters. The third-order valence-electron chi connectivity index (χ3n) is 6.59. The van der Waals surface area contributed by atoms with Crippen LogP contribution in [0.5, 0.6) is 11.5 Å². The molecule has 0 aliphatic carbocycles. The van der Waals surface area contributed by atoms with Crippen LogP contribution in [0.25, 0.3) is 0 Å². The highest BCUT2D eigenvalue weighted by Gasteiger charge is 2.26. The molecule has 1 fully saturated rings. The topological polar surface area (TPSA) is 42.0 Å². The highest BCUT2D eigenvalue weighted by Crippen LogP contribution is 2.38. The summed E-state index contributed by atoms with van der Waals surface area (Å²) in [7, 11) is 0. The first kappa shape index (κ1) is 24.9. The second-order valence-electron chi connectivity index (χ2n) is 9.91. The Bertz CT molecular complexity index is 950. The van der Waals surface area contributed by atoms with Crippen molar-refractivity contribution in [1.82, 2.24) is 9.80 Å². The predicted molar refractivity (Wildman–Crippen MR) is 136 cm³/mol. The highest BCUT2D eigenvalue weighted by atomic mass is 35.5. The van der Waals surface area contributed by atoms with E-state index in [0.717, 1.165) is 38.0 Å². The molecule has 2 aliphatic heterocycles. The van der Waals surface area contributed by atoms with E-state index in [9.17, 15) is 4.79 Å². The molecule has 0 saturated carbocycles. The van der Waals surface area contributed by atoms with Crippen LogP contribution in [0.1, 0.15) is 57.1 Å². The van der Waals surface area contributed by atoms with Crippen molar-refractivity contribution in [3.05, 3.63) is 58.6 Å². The lowest BCUT2D eigenvalue weighted by molar-refractivity contribution is -0.132. The third kappa shape index (κ3) is 6.67. The van der Waals surface area contributed by atoms with Gasteiger partial charge in [-0.2, -0.15) is 0 Å². The summed E-state index contributed by atoms with van der Waals surface area (Å²) in [5.41, 5.74) is 2.32. The number of ether oxygens (including phenoxy) is 2. The average molecular weight is 485 g/mol. The van der Waals surface area contributed by atoms with Crippen molar-refractivity contribution in [1.29, 1.82) is 0 Å². The van der Waals surface area contributed by atoms with Gasteiger partial charge in [-0.05, 0) is 55.0 Å². The van der Waals surface area contributed by atoms with Gasteiger partial charge >= 0.3 is 0 Å². The molecule has 6 heteroatoms. The van der Waals surface area contributed by atoms with Crippen LogP contribution in [-0.4, -0.2) is 48.1 Å². The third-order valence-corrected chi connectivity index (χ3v) is 6.87. The fourth-order valence-electron chi connectivity index (χ4n) is 4.99. The molecule has 0 unspecified atom stereocenters. The molecule has 1 amide bonds. The second-order valence-corrected chi connectivity index (χ2v) is 10.3. The Labute approximate surface area is 209 Å². The van der Waals surface area contributed by atoms with Gasteiger partial charge in [0.2, 0.25) is 5.91 Å². The largest absolute Gasteiger partial charge is 0.489 e. The Morgan fingerprint density at radius 2 is 1.91 bits per heavy atom. The minimum absolute atomic E-state index is 0.212. The lowest BCUT2D eigenvalue weighted by Gasteiger charge is -2.28. The summed E-state index contributed by atoms with van der Waals surface area (Å²) in [5, 5.41) is 0.550. The van der Waals surface area contributed by atoms with Crippen LogP contribution in [0.2, 0.25) is 5.02 Å². The fourth-order valence-corrected chi connectivity index (χ4v) is 5.28. The molecule has 1 saturated heterocycles. The van der Waals surface area contributed by atoms with Crippen molar-refractivity contribution in [2.75, 3.05) is 26.3 Å². The first-order valence-corrected chi connectivity index (χ1v) is 13.0. The molecule has 0 spiro atoms. The molecule has 2 heterocycles. The Kier molecular flexibility index (Phi) is 8.74. The number of halogens is 1. The number of amides is 1. The van der Waals surface area contributed by atoms with Crippen molar-refractivity contribution in [2.45, 2.75) is 65.1 Å². The SMILES string of the molecule is CC(C)CN(Cc1cc(Cl)c2c(c1)OCCCO2)C(=O)CC[C@@H]1CCCN1Cc1ccccc1. The van der Waals surface area contributed by atoms with Crippen molar-refractivity contribution in [3.63, 3.8) is 0 Å². The quantitative estimate of drug-likeness (QED) is 0.442. The number of hydrogen-bond acceptors (Lipinski definition) is 4. The summed E-state index contributed by atoms with van der Waals surface area (Å²) in [6.07, 6.45) is 4.68. The van der Waals surface area contributed by atoms with E-state index >= 15 is 0 Å². The van der Waals surface area contributed by atoms with Gasteiger partial charge in [0.05, 0.1) is 18.2 Å². The number of rotatable bonds is 9. The lowest BCUT2D eigenvalue weighted by atomic mass is 10.1. The molecule has 184 valence electrons. The zero-order valence-corrected chi connectivity index (χ0v) is 21.2. The van der Waals surface area contributed by atoms with Crippen molar-refractivity contribution < 1.29 is 14.3 Å². The van der Waals surface area contributed by atoms with Gasteiger partial charge in [-0.25, -0.2) is 0 Å². The van der Waals surface area contributed by atoms with Gasteiger partial charge in [-0.15, -0.1) is 0 Å². The normalized spacial score (nSPS) is 18.2. The Morgan fingerprint density at radius 1 is 1.12 bits per heavy atom. The smallest absolute Gasteiger partial charge is 0.222 e. The first-order valence-electron chi connectivity index (χ1n) is 12.6. The minimum atomic E-state index is 0.212. The number of benzene rings is 2. The van der Waals surface area contributed by atoms with Crippen LogP contribution >= 0.6 is 11.6 Å². The summed E-state index contributed by atoms with van der Waals surface area (Å²) in [6.45, 7) is 8.85. The Morgan fingerprint density at radius 3 is 2.71 bits per heavy atom. The van der Waals surface area contributed by atoms with Crippen LogP contribution in [0.3, 0.4) is 0 Å². The van der Waals surface area contributed by atoms with E-state index in [2.05, 4.69) is 49.1 Å². The molecule has 0 aromatic heterocycles. The molecule has 4 rings (SSSR count). The van der Waals surface area contributed by atoms with Crippen molar-refractivity contribution >= 4 is 17.5 Å². The molecule has 0 radical (unpaired) electrons. The average Bonchev–Trinajstić information content (AvgIpc) is 3.10. The van der Waals surface area contributed by atoms with Gasteiger partial charge in [0.15, 0.2) is 11.5 Å². The van der Waals surface area contributed by atoms with Gasteiger partial charge in [0, 0.05) is 38.5 Å². The van der Waals surface area contributed by atoms with Crippen molar-refractivity contribution in [3.8, 4) is 11.5 Å². The zero-order valence-electron chi connectivity index (χ0n) is 20.5. The molecule has 2 aromatic carbocycles. The monoisotopic (exact) mass is 484 g/mol. The number of likely N-dealkylation sites (tertiary alicyclic amines) is 1. The standard InChI is InChI=1S/C28H37ClN2O3/c1-21(2)18-31(20-23-16-25(29)28-26(17-23)33-14-7-15-34-28)27(32)12-11-24-10-6-13-30(24)19-22-8-4-3-5-9-22/h3-5,8-9,16-17,21,24H,6-7,10-15,18-20H2,1-2H3/t24-/m0/s1. The Balaban J connectivity index is 1.39. The number of nitrogens with zero attached hydrogens (tertiary/aromatic N) is 2. The van der Waals surface area contributed by atoms with E-state index in [1.165, 1.54) is 18.4 Å². The molecule has 0 N–H and O–H groups in total. The molecular formula is C28H37ClN2O3. The predicted octanol–water partition coefficient (Wildman–Crippen LogP) is 5.93. The van der Waals surface area contributed by atoms with Crippen LogP contribution in [0.15, 0.2) is 42.5 Å². The van der Waals surface area contributed by atoms with E-state index in [1.54, 1.807) is 0 Å². The van der Waals surface area contributed by atoms with Crippen LogP contribution in [-0.2, 0) is 17.9 Å². The van der Waals surface area contributed by atoms with Gasteiger partial charge < -0.3 is 14.4 Å². The van der Waals surface area contributed by atoms with E-state index in [4.69, 9.17) is 21.1 Å². The zero-order chi connectivity index (χ0) is 23.9. The summed E-state index contributed by atoms with van der Waals surface area (Å²) < 4.78 is 11.6. The van der Waals surface area contributed by atoms with E-state index in [1.807, 2.05) is 17.0 Å². The molecule has 0 bridgehead atoms. The molecule has 2 aromatic rings. The van der Waals surface area contributed by atoms with Gasteiger partial charge in [0.25, 0.3) is 0 Å². The number of carbonyl (C=O) groups excluding carboxylic acids is 1. The van der Waals surface area contributed by atoms with E-state index < -0.39 is 0 Å². The maximum atomic E-state index is 13.4. The van der Waals surface area contributed by atoms with Crippen LogP contribution in [0.4, 0.5) is 0 Å². The molecule has 2 aliphatic rings. The second kappa shape index (κ2) is 11.9. The van der Waals surface area contributed by atoms with E-state index in [-0.39, 0.29) is 5.91 Å². The number of fused-ring (bicyclic) bond motifs is 1. The van der Waals surface area contributed by atoms with Crippen molar-refractivity contribution in [2.24, 2.45) is 5.92 Å². The Hall–Kier alpha value is -2.24. The molecular weight excluding hydrogens is 448 g/mol.